The molecule has 0 bridgehead atoms. The highest BCUT2D eigenvalue weighted by molar-refractivity contribution is 7.89. The number of carbonyl (C=O) groups excluding carboxylic acids is 1. The lowest BCUT2D eigenvalue weighted by molar-refractivity contribution is 0.0469. The third kappa shape index (κ3) is 5.40. The van der Waals surface area contributed by atoms with Gasteiger partial charge >= 0.3 is 5.97 Å². The molecule has 0 fully saturated rings. The SMILES string of the molecule is O=C(OCc1ccc(F)cc1)c1cc(S(=O)(=O)NCc2ccccc2)ccc1O. The molecule has 0 saturated heterocycles. The Kier molecular flexibility index (Phi) is 6.26. The molecule has 0 unspecified atom stereocenters. The van der Waals surface area contributed by atoms with Gasteiger partial charge in [-0.25, -0.2) is 22.3 Å². The van der Waals surface area contributed by atoms with Crippen LogP contribution in [0.3, 0.4) is 0 Å². The monoisotopic (exact) mass is 415 g/mol. The van der Waals surface area contributed by atoms with Gasteiger partial charge in [0, 0.05) is 6.54 Å². The van der Waals surface area contributed by atoms with Crippen LogP contribution in [0.1, 0.15) is 21.5 Å². The Morgan fingerprint density at radius 1 is 0.966 bits per heavy atom. The maximum absolute atomic E-state index is 12.9. The molecule has 0 aliphatic heterocycles. The molecule has 0 radical (unpaired) electrons. The van der Waals surface area contributed by atoms with Gasteiger partial charge in [0.05, 0.1) is 4.90 Å². The second kappa shape index (κ2) is 8.85. The first-order chi connectivity index (χ1) is 13.8. The fourth-order valence-corrected chi connectivity index (χ4v) is 3.55. The minimum Gasteiger partial charge on any atom is -0.507 e. The van der Waals surface area contributed by atoms with Crippen LogP contribution in [0.4, 0.5) is 4.39 Å². The molecule has 0 amide bonds. The first kappa shape index (κ1) is 20.5. The smallest absolute Gasteiger partial charge is 0.342 e. The van der Waals surface area contributed by atoms with Gasteiger partial charge in [0.1, 0.15) is 23.7 Å². The lowest BCUT2D eigenvalue weighted by Crippen LogP contribution is -2.23. The largest absolute Gasteiger partial charge is 0.507 e. The molecule has 0 aromatic heterocycles. The molecule has 0 saturated carbocycles. The number of hydrogen-bond acceptors (Lipinski definition) is 5. The molecule has 0 aliphatic rings. The number of rotatable bonds is 7. The Hall–Kier alpha value is -3.23. The summed E-state index contributed by atoms with van der Waals surface area (Å²) in [7, 11) is -3.91. The molecule has 0 atom stereocenters. The van der Waals surface area contributed by atoms with Crippen LogP contribution < -0.4 is 4.72 Å². The first-order valence-electron chi connectivity index (χ1n) is 8.63. The number of sulfonamides is 1. The van der Waals surface area contributed by atoms with Crippen LogP contribution in [0, 0.1) is 5.82 Å². The number of aromatic hydroxyl groups is 1. The van der Waals surface area contributed by atoms with Crippen molar-refractivity contribution in [1.29, 1.82) is 0 Å². The summed E-state index contributed by atoms with van der Waals surface area (Å²) in [4.78, 5) is 12.1. The van der Waals surface area contributed by atoms with Gasteiger partial charge in [0.25, 0.3) is 0 Å². The van der Waals surface area contributed by atoms with Gasteiger partial charge in [0.15, 0.2) is 0 Å². The summed E-state index contributed by atoms with van der Waals surface area (Å²) < 4.78 is 45.5. The highest BCUT2D eigenvalue weighted by atomic mass is 32.2. The topological polar surface area (TPSA) is 92.7 Å². The van der Waals surface area contributed by atoms with E-state index in [-0.39, 0.29) is 23.6 Å². The van der Waals surface area contributed by atoms with Gasteiger partial charge in [-0.2, -0.15) is 0 Å². The molecule has 3 aromatic carbocycles. The second-order valence-electron chi connectivity index (χ2n) is 6.19. The number of phenols is 1. The van der Waals surface area contributed by atoms with Crippen LogP contribution >= 0.6 is 0 Å². The van der Waals surface area contributed by atoms with E-state index in [9.17, 15) is 22.7 Å². The lowest BCUT2D eigenvalue weighted by atomic mass is 10.2. The number of nitrogens with one attached hydrogen (secondary N) is 1. The third-order valence-corrected chi connectivity index (χ3v) is 5.49. The highest BCUT2D eigenvalue weighted by Gasteiger charge is 2.20. The van der Waals surface area contributed by atoms with Crippen molar-refractivity contribution in [3.05, 3.63) is 95.3 Å². The van der Waals surface area contributed by atoms with Crippen LogP contribution in [0.25, 0.3) is 0 Å². The van der Waals surface area contributed by atoms with Gasteiger partial charge in [-0.3, -0.25) is 0 Å². The minimum absolute atomic E-state index is 0.0778. The van der Waals surface area contributed by atoms with Gasteiger partial charge in [-0.05, 0) is 41.5 Å². The van der Waals surface area contributed by atoms with E-state index in [2.05, 4.69) is 4.72 Å². The standard InChI is InChI=1S/C21H18FNO5S/c22-17-8-6-16(7-9-17)14-28-21(25)19-12-18(10-11-20(19)24)29(26,27)23-13-15-4-2-1-3-5-15/h1-12,23-24H,13-14H2. The molecule has 29 heavy (non-hydrogen) atoms. The lowest BCUT2D eigenvalue weighted by Gasteiger charge is -2.10. The molecular weight excluding hydrogens is 397 g/mol. The van der Waals surface area contributed by atoms with Crippen molar-refractivity contribution in [2.75, 3.05) is 0 Å². The summed E-state index contributed by atoms with van der Waals surface area (Å²) in [5, 5.41) is 9.95. The number of hydrogen-bond donors (Lipinski definition) is 2. The van der Waals surface area contributed by atoms with Crippen molar-refractivity contribution in [2.24, 2.45) is 0 Å². The molecule has 0 heterocycles. The van der Waals surface area contributed by atoms with Crippen molar-refractivity contribution in [1.82, 2.24) is 4.72 Å². The minimum atomic E-state index is -3.91. The summed E-state index contributed by atoms with van der Waals surface area (Å²) in [5.74, 6) is -1.72. The number of phenolic OH excluding ortho intramolecular Hbond substituents is 1. The molecule has 8 heteroatoms. The maximum atomic E-state index is 12.9. The van der Waals surface area contributed by atoms with Gasteiger partial charge in [-0.1, -0.05) is 42.5 Å². The van der Waals surface area contributed by atoms with Crippen LogP contribution in [0.5, 0.6) is 5.75 Å². The van der Waals surface area contributed by atoms with E-state index in [0.717, 1.165) is 17.7 Å². The van der Waals surface area contributed by atoms with Gasteiger partial charge in [-0.15, -0.1) is 0 Å². The molecule has 3 rings (SSSR count). The van der Waals surface area contributed by atoms with E-state index in [4.69, 9.17) is 4.74 Å². The molecule has 3 aromatic rings. The zero-order chi connectivity index (χ0) is 20.9. The first-order valence-corrected chi connectivity index (χ1v) is 10.1. The van der Waals surface area contributed by atoms with E-state index in [0.29, 0.717) is 5.56 Å². The summed E-state index contributed by atoms with van der Waals surface area (Å²) in [6.07, 6.45) is 0. The summed E-state index contributed by atoms with van der Waals surface area (Å²) in [6, 6.07) is 17.7. The second-order valence-corrected chi connectivity index (χ2v) is 7.96. The van der Waals surface area contributed by atoms with E-state index < -0.39 is 27.6 Å². The molecule has 2 N–H and O–H groups in total. The van der Waals surface area contributed by atoms with E-state index in [1.165, 1.54) is 30.3 Å². The Bertz CT molecular complexity index is 1100. The number of halogens is 1. The van der Waals surface area contributed by atoms with Crippen molar-refractivity contribution in [3.8, 4) is 5.75 Å². The van der Waals surface area contributed by atoms with Crippen molar-refractivity contribution in [2.45, 2.75) is 18.0 Å². The molecule has 150 valence electrons. The fourth-order valence-electron chi connectivity index (χ4n) is 2.51. The predicted octanol–water partition coefficient (Wildman–Crippen LogP) is 3.37. The van der Waals surface area contributed by atoms with Crippen LogP contribution in [-0.2, 0) is 27.9 Å². The Labute approximate surface area is 167 Å². The Balaban J connectivity index is 1.72. The molecule has 0 spiro atoms. The number of ether oxygens (including phenoxy) is 1. The zero-order valence-electron chi connectivity index (χ0n) is 15.2. The highest BCUT2D eigenvalue weighted by Crippen LogP contribution is 2.23. The molecular formula is C21H18FNO5S. The van der Waals surface area contributed by atoms with E-state index in [1.807, 2.05) is 6.07 Å². The van der Waals surface area contributed by atoms with Crippen LogP contribution in [0.15, 0.2) is 77.7 Å². The third-order valence-electron chi connectivity index (χ3n) is 4.09. The van der Waals surface area contributed by atoms with Crippen molar-refractivity contribution < 1.29 is 27.4 Å². The number of esters is 1. The summed E-state index contributed by atoms with van der Waals surface area (Å²) in [6.45, 7) is -0.0732. The molecule has 6 nitrogen and oxygen atoms in total. The Morgan fingerprint density at radius 2 is 1.66 bits per heavy atom. The fraction of sp³-hybridized carbons (Fsp3) is 0.0952. The van der Waals surface area contributed by atoms with Crippen LogP contribution in [-0.4, -0.2) is 19.5 Å². The normalized spacial score (nSPS) is 11.2. The average Bonchev–Trinajstić information content (AvgIpc) is 2.72. The zero-order valence-corrected chi connectivity index (χ0v) is 16.0. The van der Waals surface area contributed by atoms with Crippen LogP contribution in [0.2, 0.25) is 0 Å². The number of carbonyl (C=O) groups is 1. The summed E-state index contributed by atoms with van der Waals surface area (Å²) in [5.41, 5.74) is 1.04. The molecule has 0 aliphatic carbocycles. The van der Waals surface area contributed by atoms with Gasteiger partial charge in [0.2, 0.25) is 10.0 Å². The quantitative estimate of drug-likeness (QED) is 0.577. The average molecular weight is 415 g/mol. The van der Waals surface area contributed by atoms with Gasteiger partial charge < -0.3 is 9.84 Å². The van der Waals surface area contributed by atoms with Crippen molar-refractivity contribution >= 4 is 16.0 Å². The maximum Gasteiger partial charge on any atom is 0.342 e. The Morgan fingerprint density at radius 3 is 2.34 bits per heavy atom. The predicted molar refractivity (Wildman–Crippen MR) is 104 cm³/mol. The van der Waals surface area contributed by atoms with E-state index >= 15 is 0 Å². The summed E-state index contributed by atoms with van der Waals surface area (Å²) >= 11 is 0. The van der Waals surface area contributed by atoms with E-state index in [1.54, 1.807) is 24.3 Å². The van der Waals surface area contributed by atoms with Crippen molar-refractivity contribution in [3.63, 3.8) is 0 Å². The number of benzene rings is 3.